The fourth-order valence-electron chi connectivity index (χ4n) is 5.37. The maximum absolute atomic E-state index is 13.5. The van der Waals surface area contributed by atoms with Crippen LogP contribution in [0.1, 0.15) is 11.3 Å². The number of carbonyl (C=O) groups excluding carboxylic acids is 1. The van der Waals surface area contributed by atoms with Crippen LogP contribution in [0.15, 0.2) is 106 Å². The molecule has 0 spiro atoms. The van der Waals surface area contributed by atoms with Crippen LogP contribution in [0.25, 0.3) is 28.7 Å². The first-order valence-electron chi connectivity index (χ1n) is 14.8. The molecule has 0 bridgehead atoms. The lowest BCUT2D eigenvalue weighted by Gasteiger charge is -2.26. The Kier molecular flexibility index (Phi) is 8.73. The van der Waals surface area contributed by atoms with Crippen molar-refractivity contribution in [2.75, 3.05) is 31.6 Å². The first kappa shape index (κ1) is 31.4. The molecule has 5 aromatic rings. The fourth-order valence-corrected chi connectivity index (χ4v) is 6.82. The molecule has 3 heterocycles. The molecule has 1 fully saturated rings. The Morgan fingerprint density at radius 2 is 1.64 bits per heavy atom. The molecule has 1 aliphatic heterocycles. The minimum absolute atomic E-state index is 0.0451. The lowest BCUT2D eigenvalue weighted by molar-refractivity contribution is -0.112. The third kappa shape index (κ3) is 6.17. The maximum atomic E-state index is 13.5. The molecule has 47 heavy (non-hydrogen) atoms. The molecule has 0 radical (unpaired) electrons. The monoisotopic (exact) mass is 649 g/mol. The Morgan fingerprint density at radius 1 is 0.979 bits per heavy atom. The van der Waals surface area contributed by atoms with E-state index in [2.05, 4.69) is 5.32 Å². The number of amides is 1. The summed E-state index contributed by atoms with van der Waals surface area (Å²) in [6, 6.07) is 26.6. The number of sulfonamides is 1. The maximum Gasteiger partial charge on any atom is 0.295 e. The van der Waals surface area contributed by atoms with Gasteiger partial charge in [-0.15, -0.1) is 0 Å². The molecule has 0 unspecified atom stereocenters. The van der Waals surface area contributed by atoms with E-state index in [1.54, 1.807) is 65.9 Å². The van der Waals surface area contributed by atoms with E-state index < -0.39 is 21.5 Å². The SMILES string of the molecule is Cc1c(NC(=O)/C(C#N)=C\c2cn(-c3ccccc3)nc2-c2cccc(S(=O)(=O)N3CCOCC3)c2)c(=O)n(-c2ccccc2)n1C. The molecule has 1 amide bonds. The standard InChI is InChI=1S/C34H31N7O5S/c1-24-31(34(43)41(38(24)2)29-13-7-4-8-14-29)36-33(42)26(22-35)20-27-23-40(28-11-5-3-6-12-28)37-32(27)25-10-9-15-30(21-25)47(44,45)39-16-18-46-19-17-39/h3-15,20-21,23H,16-19H2,1-2H3,(H,36,42)/b26-20-. The minimum Gasteiger partial charge on any atom is -0.379 e. The Labute approximate surface area is 271 Å². The van der Waals surface area contributed by atoms with Crippen molar-refractivity contribution in [2.24, 2.45) is 7.05 Å². The predicted molar refractivity (Wildman–Crippen MR) is 177 cm³/mol. The van der Waals surface area contributed by atoms with Crippen LogP contribution in [-0.4, -0.2) is 64.1 Å². The third-order valence-corrected chi connectivity index (χ3v) is 9.83. The normalized spacial score (nSPS) is 14.1. The lowest BCUT2D eigenvalue weighted by Crippen LogP contribution is -2.40. The van der Waals surface area contributed by atoms with Gasteiger partial charge < -0.3 is 10.1 Å². The van der Waals surface area contributed by atoms with Gasteiger partial charge in [0.2, 0.25) is 10.0 Å². The number of hydrogen-bond donors (Lipinski definition) is 1. The smallest absolute Gasteiger partial charge is 0.295 e. The number of nitrogens with zero attached hydrogens (tertiary/aromatic N) is 6. The molecule has 0 aliphatic carbocycles. The number of carbonyl (C=O) groups is 1. The highest BCUT2D eigenvalue weighted by molar-refractivity contribution is 7.89. The first-order valence-corrected chi connectivity index (χ1v) is 16.2. The molecular formula is C34H31N7O5S. The number of benzene rings is 3. The highest BCUT2D eigenvalue weighted by Gasteiger charge is 2.27. The first-order chi connectivity index (χ1) is 22.7. The summed E-state index contributed by atoms with van der Waals surface area (Å²) in [6.45, 7) is 2.84. The van der Waals surface area contributed by atoms with Gasteiger partial charge in [0, 0.05) is 37.5 Å². The van der Waals surface area contributed by atoms with Crippen LogP contribution in [0.3, 0.4) is 0 Å². The second kappa shape index (κ2) is 13.1. The highest BCUT2D eigenvalue weighted by Crippen LogP contribution is 2.29. The Hall–Kier alpha value is -5.55. The van der Waals surface area contributed by atoms with E-state index in [0.717, 1.165) is 5.69 Å². The number of morpholine rings is 1. The second-order valence-electron chi connectivity index (χ2n) is 10.8. The Balaban J connectivity index is 1.40. The fraction of sp³-hybridized carbons (Fsp3) is 0.176. The second-order valence-corrected chi connectivity index (χ2v) is 12.8. The van der Waals surface area contributed by atoms with Crippen molar-refractivity contribution in [1.29, 1.82) is 5.26 Å². The summed E-state index contributed by atoms with van der Waals surface area (Å²) < 4.78 is 38.3. The van der Waals surface area contributed by atoms with Gasteiger partial charge in [-0.1, -0.05) is 48.5 Å². The molecule has 1 saturated heterocycles. The van der Waals surface area contributed by atoms with Gasteiger partial charge >= 0.3 is 0 Å². The summed E-state index contributed by atoms with van der Waals surface area (Å²) in [5, 5.41) is 17.5. The zero-order valence-corrected chi connectivity index (χ0v) is 26.5. The van der Waals surface area contributed by atoms with Crippen molar-refractivity contribution >= 4 is 27.7 Å². The number of para-hydroxylation sites is 2. The molecular weight excluding hydrogens is 618 g/mol. The Morgan fingerprint density at radius 3 is 2.30 bits per heavy atom. The highest BCUT2D eigenvalue weighted by atomic mass is 32.2. The molecule has 13 heteroatoms. The number of hydrogen-bond acceptors (Lipinski definition) is 7. The lowest BCUT2D eigenvalue weighted by atomic mass is 10.1. The van der Waals surface area contributed by atoms with Crippen LogP contribution >= 0.6 is 0 Å². The van der Waals surface area contributed by atoms with Gasteiger partial charge in [-0.25, -0.2) is 17.8 Å². The van der Waals surface area contributed by atoms with E-state index in [1.165, 1.54) is 27.2 Å². The van der Waals surface area contributed by atoms with Crippen LogP contribution in [0.2, 0.25) is 0 Å². The van der Waals surface area contributed by atoms with E-state index in [9.17, 15) is 23.3 Å². The van der Waals surface area contributed by atoms with Gasteiger partial charge in [0.1, 0.15) is 23.0 Å². The summed E-state index contributed by atoms with van der Waals surface area (Å²) in [5.41, 5.74) is 2.39. The van der Waals surface area contributed by atoms with Crippen molar-refractivity contribution in [3.8, 4) is 28.7 Å². The van der Waals surface area contributed by atoms with Gasteiger partial charge in [-0.05, 0) is 49.4 Å². The number of nitriles is 1. The van der Waals surface area contributed by atoms with Crippen molar-refractivity contribution in [3.05, 3.63) is 118 Å². The number of ether oxygens (including phenoxy) is 1. The third-order valence-electron chi connectivity index (χ3n) is 7.94. The zero-order chi connectivity index (χ0) is 33.1. The van der Waals surface area contributed by atoms with Crippen molar-refractivity contribution in [1.82, 2.24) is 23.4 Å². The molecule has 3 aromatic carbocycles. The summed E-state index contributed by atoms with van der Waals surface area (Å²) >= 11 is 0. The van der Waals surface area contributed by atoms with E-state index in [4.69, 9.17) is 9.84 Å². The van der Waals surface area contributed by atoms with Crippen molar-refractivity contribution < 1.29 is 17.9 Å². The van der Waals surface area contributed by atoms with Crippen molar-refractivity contribution in [2.45, 2.75) is 11.8 Å². The van der Waals surface area contributed by atoms with Crippen LogP contribution in [0.4, 0.5) is 5.69 Å². The van der Waals surface area contributed by atoms with Crippen molar-refractivity contribution in [3.63, 3.8) is 0 Å². The molecule has 6 rings (SSSR count). The quantitative estimate of drug-likeness (QED) is 0.198. The average Bonchev–Trinajstić information content (AvgIpc) is 3.62. The largest absolute Gasteiger partial charge is 0.379 e. The molecule has 2 aromatic heterocycles. The number of aromatic nitrogens is 4. The molecule has 0 saturated carbocycles. The topological polar surface area (TPSA) is 144 Å². The Bertz CT molecular complexity index is 2190. The van der Waals surface area contributed by atoms with Gasteiger partial charge in [-0.2, -0.15) is 14.7 Å². The van der Waals surface area contributed by atoms with Crippen LogP contribution in [0, 0.1) is 18.3 Å². The number of rotatable bonds is 8. The van der Waals surface area contributed by atoms with Crippen LogP contribution in [0.5, 0.6) is 0 Å². The van der Waals surface area contributed by atoms with Gasteiger partial charge in [0.05, 0.1) is 35.2 Å². The molecule has 0 atom stereocenters. The van der Waals surface area contributed by atoms with Gasteiger partial charge in [0.25, 0.3) is 11.5 Å². The van der Waals surface area contributed by atoms with E-state index in [1.807, 2.05) is 42.5 Å². The summed E-state index contributed by atoms with van der Waals surface area (Å²) in [7, 11) is -2.10. The number of nitrogens with one attached hydrogen (secondary N) is 1. The molecule has 1 aliphatic rings. The molecule has 12 nitrogen and oxygen atoms in total. The molecule has 1 N–H and O–H groups in total. The zero-order valence-electron chi connectivity index (χ0n) is 25.7. The summed E-state index contributed by atoms with van der Waals surface area (Å²) in [5.74, 6) is -0.777. The van der Waals surface area contributed by atoms with E-state index in [0.29, 0.717) is 41.4 Å². The summed E-state index contributed by atoms with van der Waals surface area (Å²) in [4.78, 5) is 27.0. The van der Waals surface area contributed by atoms with E-state index >= 15 is 0 Å². The predicted octanol–water partition coefficient (Wildman–Crippen LogP) is 3.90. The van der Waals surface area contributed by atoms with Crippen LogP contribution < -0.4 is 10.9 Å². The molecule has 238 valence electrons. The van der Waals surface area contributed by atoms with Gasteiger partial charge in [-0.3, -0.25) is 14.3 Å². The van der Waals surface area contributed by atoms with E-state index in [-0.39, 0.29) is 29.2 Å². The summed E-state index contributed by atoms with van der Waals surface area (Å²) in [6.07, 6.45) is 3.04. The van der Waals surface area contributed by atoms with Gasteiger partial charge in [0.15, 0.2) is 0 Å². The number of anilines is 1. The minimum atomic E-state index is -3.80. The van der Waals surface area contributed by atoms with Crippen LogP contribution in [-0.2, 0) is 26.6 Å². The average molecular weight is 650 g/mol.